The lowest BCUT2D eigenvalue weighted by Crippen LogP contribution is -2.25. The van der Waals surface area contributed by atoms with Gasteiger partial charge in [0.25, 0.3) is 0 Å². The van der Waals surface area contributed by atoms with Crippen molar-refractivity contribution in [3.8, 4) is 12.3 Å². The maximum Gasteiger partial charge on any atom is 0.115 e. The molecule has 0 saturated heterocycles. The lowest BCUT2D eigenvalue weighted by molar-refractivity contribution is 0.265. The van der Waals surface area contributed by atoms with Crippen LogP contribution in [0, 0.1) is 12.3 Å². The van der Waals surface area contributed by atoms with E-state index in [0.717, 1.165) is 17.8 Å². The summed E-state index contributed by atoms with van der Waals surface area (Å²) < 4.78 is 1.91. The summed E-state index contributed by atoms with van der Waals surface area (Å²) in [5.41, 5.74) is 2.04. The van der Waals surface area contributed by atoms with Gasteiger partial charge >= 0.3 is 0 Å². The van der Waals surface area contributed by atoms with E-state index in [9.17, 15) is 0 Å². The molecule has 88 valence electrons. The summed E-state index contributed by atoms with van der Waals surface area (Å²) in [5.74, 6) is 2.74. The van der Waals surface area contributed by atoms with Gasteiger partial charge in [0.1, 0.15) is 5.69 Å². The highest BCUT2D eigenvalue weighted by Crippen LogP contribution is 2.15. The Hall–Kier alpha value is -1.27. The van der Waals surface area contributed by atoms with E-state index >= 15 is 0 Å². The molecule has 0 radical (unpaired) electrons. The van der Waals surface area contributed by atoms with Crippen molar-refractivity contribution in [2.24, 2.45) is 0 Å². The van der Waals surface area contributed by atoms with E-state index in [1.54, 1.807) is 0 Å². The van der Waals surface area contributed by atoms with Gasteiger partial charge in [0, 0.05) is 24.2 Å². The highest BCUT2D eigenvalue weighted by Gasteiger charge is 2.13. The normalized spacial score (nSPS) is 11.4. The molecule has 0 aliphatic heterocycles. The Balaban J connectivity index is 2.94. The SMILES string of the molecule is C#Cc1c(CN(C)C(C)C)cnn1C(C)C. The van der Waals surface area contributed by atoms with E-state index in [-0.39, 0.29) is 0 Å². The first-order valence-electron chi connectivity index (χ1n) is 5.70. The number of hydrogen-bond acceptors (Lipinski definition) is 2. The van der Waals surface area contributed by atoms with E-state index in [1.807, 2.05) is 10.9 Å². The van der Waals surface area contributed by atoms with Gasteiger partial charge in [-0.05, 0) is 34.7 Å². The molecule has 1 aromatic rings. The van der Waals surface area contributed by atoms with Crippen LogP contribution in [0.3, 0.4) is 0 Å². The molecular weight excluding hydrogens is 198 g/mol. The average Bonchev–Trinajstić information content (AvgIpc) is 2.60. The van der Waals surface area contributed by atoms with Crippen LogP contribution in [0.5, 0.6) is 0 Å². The summed E-state index contributed by atoms with van der Waals surface area (Å²) in [6, 6.07) is 0.817. The van der Waals surface area contributed by atoms with Crippen molar-refractivity contribution in [2.45, 2.75) is 46.3 Å². The van der Waals surface area contributed by atoms with Gasteiger partial charge in [-0.25, -0.2) is 0 Å². The molecule has 0 atom stereocenters. The Morgan fingerprint density at radius 1 is 1.44 bits per heavy atom. The first-order valence-corrected chi connectivity index (χ1v) is 5.70. The molecule has 1 aromatic heterocycles. The fourth-order valence-corrected chi connectivity index (χ4v) is 1.52. The first-order chi connectivity index (χ1) is 7.47. The molecule has 0 saturated carbocycles. The Bertz CT molecular complexity index is 382. The predicted molar refractivity (Wildman–Crippen MR) is 67.2 cm³/mol. The molecule has 16 heavy (non-hydrogen) atoms. The highest BCUT2D eigenvalue weighted by atomic mass is 15.3. The third-order valence-corrected chi connectivity index (χ3v) is 2.80. The van der Waals surface area contributed by atoms with Crippen molar-refractivity contribution < 1.29 is 0 Å². The third-order valence-electron chi connectivity index (χ3n) is 2.80. The minimum atomic E-state index is 0.309. The molecule has 1 rings (SSSR count). The van der Waals surface area contributed by atoms with Crippen LogP contribution in [-0.4, -0.2) is 27.8 Å². The lowest BCUT2D eigenvalue weighted by Gasteiger charge is -2.20. The molecule has 0 fully saturated rings. The molecule has 0 aromatic carbocycles. The van der Waals surface area contributed by atoms with Crippen molar-refractivity contribution in [2.75, 3.05) is 7.05 Å². The summed E-state index contributed by atoms with van der Waals surface area (Å²) in [4.78, 5) is 2.25. The Morgan fingerprint density at radius 3 is 2.50 bits per heavy atom. The van der Waals surface area contributed by atoms with E-state index in [0.29, 0.717) is 12.1 Å². The molecule has 0 N–H and O–H groups in total. The van der Waals surface area contributed by atoms with E-state index < -0.39 is 0 Å². The molecule has 0 aliphatic carbocycles. The third kappa shape index (κ3) is 2.65. The predicted octanol–water partition coefficient (Wildman–Crippen LogP) is 2.29. The second-order valence-corrected chi connectivity index (χ2v) is 4.71. The van der Waals surface area contributed by atoms with Crippen molar-refractivity contribution in [1.82, 2.24) is 14.7 Å². The second kappa shape index (κ2) is 5.18. The molecule has 0 amide bonds. The Labute approximate surface area is 98.4 Å². The number of nitrogens with zero attached hydrogens (tertiary/aromatic N) is 3. The summed E-state index contributed by atoms with van der Waals surface area (Å²) >= 11 is 0. The van der Waals surface area contributed by atoms with Gasteiger partial charge in [-0.3, -0.25) is 9.58 Å². The monoisotopic (exact) mass is 219 g/mol. The van der Waals surface area contributed by atoms with Gasteiger partial charge in [0.15, 0.2) is 0 Å². The topological polar surface area (TPSA) is 21.1 Å². The Morgan fingerprint density at radius 2 is 2.06 bits per heavy atom. The average molecular weight is 219 g/mol. The summed E-state index contributed by atoms with van der Waals surface area (Å²) in [6.07, 6.45) is 7.44. The van der Waals surface area contributed by atoms with E-state index in [1.165, 1.54) is 0 Å². The molecule has 0 aliphatic rings. The number of terminal acetylenes is 1. The number of rotatable bonds is 4. The highest BCUT2D eigenvalue weighted by molar-refractivity contribution is 5.33. The van der Waals surface area contributed by atoms with Crippen LogP contribution in [0.25, 0.3) is 0 Å². The van der Waals surface area contributed by atoms with Crippen molar-refractivity contribution in [3.05, 3.63) is 17.5 Å². The van der Waals surface area contributed by atoms with Gasteiger partial charge in [-0.1, -0.05) is 5.92 Å². The quantitative estimate of drug-likeness (QED) is 0.724. The van der Waals surface area contributed by atoms with Gasteiger partial charge in [-0.2, -0.15) is 5.10 Å². The zero-order chi connectivity index (χ0) is 12.3. The van der Waals surface area contributed by atoms with Gasteiger partial charge < -0.3 is 0 Å². The fourth-order valence-electron chi connectivity index (χ4n) is 1.52. The molecule has 3 heteroatoms. The maximum absolute atomic E-state index is 5.56. The van der Waals surface area contributed by atoms with Crippen molar-refractivity contribution >= 4 is 0 Å². The smallest absolute Gasteiger partial charge is 0.115 e. The zero-order valence-electron chi connectivity index (χ0n) is 10.9. The first kappa shape index (κ1) is 12.8. The summed E-state index contributed by atoms with van der Waals surface area (Å²) in [7, 11) is 2.09. The molecule has 0 bridgehead atoms. The standard InChI is InChI=1S/C13H21N3/c1-7-13-12(9-15(6)10(2)3)8-14-16(13)11(4)5/h1,8,10-11H,9H2,2-6H3. The lowest BCUT2D eigenvalue weighted by atomic mass is 10.2. The van der Waals surface area contributed by atoms with Crippen LogP contribution in [0.2, 0.25) is 0 Å². The summed E-state index contributed by atoms with van der Waals surface area (Å²) in [5, 5.41) is 4.35. The van der Waals surface area contributed by atoms with Gasteiger partial charge in [0.05, 0.1) is 6.20 Å². The molecule has 0 spiro atoms. The Kier molecular flexibility index (Phi) is 4.14. The van der Waals surface area contributed by atoms with Crippen LogP contribution in [-0.2, 0) is 6.54 Å². The van der Waals surface area contributed by atoms with Crippen LogP contribution < -0.4 is 0 Å². The zero-order valence-corrected chi connectivity index (χ0v) is 10.9. The van der Waals surface area contributed by atoms with Crippen LogP contribution in [0.4, 0.5) is 0 Å². The number of hydrogen-bond donors (Lipinski definition) is 0. The van der Waals surface area contributed by atoms with Crippen LogP contribution in [0.1, 0.15) is 45.0 Å². The molecule has 0 unspecified atom stereocenters. The minimum Gasteiger partial charge on any atom is -0.300 e. The van der Waals surface area contributed by atoms with Crippen molar-refractivity contribution in [1.29, 1.82) is 0 Å². The van der Waals surface area contributed by atoms with Gasteiger partial charge in [-0.15, -0.1) is 6.42 Å². The largest absolute Gasteiger partial charge is 0.300 e. The van der Waals surface area contributed by atoms with Crippen molar-refractivity contribution in [3.63, 3.8) is 0 Å². The van der Waals surface area contributed by atoms with E-state index in [4.69, 9.17) is 6.42 Å². The number of aromatic nitrogens is 2. The second-order valence-electron chi connectivity index (χ2n) is 4.71. The van der Waals surface area contributed by atoms with Crippen LogP contribution in [0.15, 0.2) is 6.20 Å². The molecular formula is C13H21N3. The van der Waals surface area contributed by atoms with E-state index in [2.05, 4.69) is 50.7 Å². The van der Waals surface area contributed by atoms with Crippen LogP contribution >= 0.6 is 0 Å². The minimum absolute atomic E-state index is 0.309. The fraction of sp³-hybridized carbons (Fsp3) is 0.615. The summed E-state index contributed by atoms with van der Waals surface area (Å²) in [6.45, 7) is 9.36. The molecule has 1 heterocycles. The van der Waals surface area contributed by atoms with Gasteiger partial charge in [0.2, 0.25) is 0 Å². The molecule has 3 nitrogen and oxygen atoms in total. The maximum atomic E-state index is 5.56.